The van der Waals surface area contributed by atoms with E-state index in [1.165, 1.54) is 13.2 Å². The number of amides is 1. The predicted octanol–water partition coefficient (Wildman–Crippen LogP) is 1.56. The number of hydrogen-bond donors (Lipinski definition) is 2. The van der Waals surface area contributed by atoms with Crippen molar-refractivity contribution in [3.63, 3.8) is 0 Å². The fourth-order valence-corrected chi connectivity index (χ4v) is 2.04. The van der Waals surface area contributed by atoms with Crippen molar-refractivity contribution >= 4 is 17.8 Å². The number of carbonyl (C=O) groups excluding carboxylic acids is 3. The van der Waals surface area contributed by atoms with E-state index in [4.69, 9.17) is 4.74 Å². The quantitative estimate of drug-likeness (QED) is 0.732. The van der Waals surface area contributed by atoms with E-state index < -0.39 is 30.5 Å². The van der Waals surface area contributed by atoms with Gasteiger partial charge in [-0.3, -0.25) is 4.79 Å². The number of carbonyl (C=O) groups is 3. The van der Waals surface area contributed by atoms with Gasteiger partial charge in [0.15, 0.2) is 6.61 Å². The molecule has 0 fully saturated rings. The van der Waals surface area contributed by atoms with Crippen LogP contribution in [0.3, 0.4) is 0 Å². The number of benzene rings is 1. The van der Waals surface area contributed by atoms with Gasteiger partial charge in [0.2, 0.25) is 0 Å². The van der Waals surface area contributed by atoms with Crippen LogP contribution in [0.5, 0.6) is 5.75 Å². The van der Waals surface area contributed by atoms with Crippen LogP contribution in [0, 0.1) is 12.8 Å². The molecule has 2 atom stereocenters. The molecule has 2 N–H and O–H groups in total. The summed E-state index contributed by atoms with van der Waals surface area (Å²) >= 11 is 0. The van der Waals surface area contributed by atoms with Crippen molar-refractivity contribution in [2.24, 2.45) is 5.92 Å². The maximum atomic E-state index is 11.9. The van der Waals surface area contributed by atoms with E-state index in [0.29, 0.717) is 12.0 Å². The van der Waals surface area contributed by atoms with Crippen LogP contribution in [0.1, 0.15) is 36.2 Å². The van der Waals surface area contributed by atoms with Crippen molar-refractivity contribution < 1.29 is 29.0 Å². The average molecular weight is 337 g/mol. The molecular weight excluding hydrogens is 314 g/mol. The van der Waals surface area contributed by atoms with Gasteiger partial charge in [0.05, 0.1) is 7.11 Å². The first kappa shape index (κ1) is 19.5. The van der Waals surface area contributed by atoms with Crippen LogP contribution in [-0.2, 0) is 19.1 Å². The lowest BCUT2D eigenvalue weighted by Crippen LogP contribution is -2.47. The highest BCUT2D eigenvalue weighted by Crippen LogP contribution is 2.22. The van der Waals surface area contributed by atoms with Crippen molar-refractivity contribution in [1.29, 1.82) is 0 Å². The zero-order chi connectivity index (χ0) is 18.3. The highest BCUT2D eigenvalue weighted by molar-refractivity contribution is 5.94. The maximum Gasteiger partial charge on any atom is 0.342 e. The summed E-state index contributed by atoms with van der Waals surface area (Å²) in [5.74, 6) is -2.30. The van der Waals surface area contributed by atoms with E-state index in [0.717, 1.165) is 0 Å². The Morgan fingerprint density at radius 1 is 1.29 bits per heavy atom. The van der Waals surface area contributed by atoms with Gasteiger partial charge in [-0.15, -0.1) is 0 Å². The molecule has 0 aromatic heterocycles. The summed E-state index contributed by atoms with van der Waals surface area (Å²) in [6, 6.07) is 3.84. The summed E-state index contributed by atoms with van der Waals surface area (Å²) in [6.45, 7) is 4.77. The number of aryl methyl sites for hydroxylation is 1. The Balaban J connectivity index is 2.66. The molecule has 0 radical (unpaired) electrons. The lowest BCUT2D eigenvalue weighted by atomic mass is 9.99. The molecule has 0 aliphatic carbocycles. The zero-order valence-corrected chi connectivity index (χ0v) is 14.3. The molecule has 0 bridgehead atoms. The van der Waals surface area contributed by atoms with Crippen LogP contribution in [0.4, 0.5) is 0 Å². The van der Waals surface area contributed by atoms with Crippen molar-refractivity contribution in [2.45, 2.75) is 33.2 Å². The molecule has 2 unspecified atom stereocenters. The number of phenolic OH excluding ortho intramolecular Hbond substituents is 1. The SMILES string of the molecule is CCC(C)C(NC(=O)COC(=O)c1cccc(C)c1O)C(=O)OC. The Morgan fingerprint density at radius 2 is 1.96 bits per heavy atom. The molecule has 7 heteroatoms. The van der Waals surface area contributed by atoms with Crippen LogP contribution in [0.25, 0.3) is 0 Å². The molecule has 7 nitrogen and oxygen atoms in total. The largest absolute Gasteiger partial charge is 0.507 e. The first-order valence-corrected chi connectivity index (χ1v) is 7.64. The van der Waals surface area contributed by atoms with Gasteiger partial charge in [0.25, 0.3) is 5.91 Å². The standard InChI is InChI=1S/C17H23NO6/c1-5-10(2)14(17(22)23-4)18-13(19)9-24-16(21)12-8-6-7-11(3)15(12)20/h6-8,10,14,20H,5,9H2,1-4H3,(H,18,19). The van der Waals surface area contributed by atoms with Crippen LogP contribution in [-0.4, -0.2) is 42.7 Å². The van der Waals surface area contributed by atoms with Crippen LogP contribution in [0.15, 0.2) is 18.2 Å². The van der Waals surface area contributed by atoms with Crippen LogP contribution >= 0.6 is 0 Å². The lowest BCUT2D eigenvalue weighted by Gasteiger charge is -2.21. The van der Waals surface area contributed by atoms with E-state index in [2.05, 4.69) is 10.1 Å². The van der Waals surface area contributed by atoms with Crippen molar-refractivity contribution in [3.05, 3.63) is 29.3 Å². The van der Waals surface area contributed by atoms with Gasteiger partial charge in [-0.2, -0.15) is 0 Å². The summed E-state index contributed by atoms with van der Waals surface area (Å²) in [7, 11) is 1.24. The van der Waals surface area contributed by atoms with E-state index in [9.17, 15) is 19.5 Å². The fourth-order valence-electron chi connectivity index (χ4n) is 2.04. The third kappa shape index (κ3) is 4.97. The smallest absolute Gasteiger partial charge is 0.342 e. The topological polar surface area (TPSA) is 102 Å². The van der Waals surface area contributed by atoms with Gasteiger partial charge in [0, 0.05) is 0 Å². The molecule has 1 amide bonds. The molecule has 1 rings (SSSR count). The Kier molecular flexibility index (Phi) is 7.23. The number of esters is 2. The second-order valence-corrected chi connectivity index (χ2v) is 5.50. The molecule has 0 saturated carbocycles. The van der Waals surface area contributed by atoms with Crippen molar-refractivity contribution in [2.75, 3.05) is 13.7 Å². The first-order valence-electron chi connectivity index (χ1n) is 7.64. The summed E-state index contributed by atoms with van der Waals surface area (Å²) in [5, 5.41) is 12.3. The monoisotopic (exact) mass is 337 g/mol. The second kappa shape index (κ2) is 8.90. The van der Waals surface area contributed by atoms with Crippen molar-refractivity contribution in [3.8, 4) is 5.75 Å². The van der Waals surface area contributed by atoms with E-state index in [1.807, 2.05) is 6.92 Å². The van der Waals surface area contributed by atoms with Gasteiger partial charge >= 0.3 is 11.9 Å². The minimum atomic E-state index is -0.815. The molecule has 0 saturated heterocycles. The summed E-state index contributed by atoms with van der Waals surface area (Å²) in [5.41, 5.74) is 0.505. The molecule has 1 aromatic carbocycles. The predicted molar refractivity (Wildman–Crippen MR) is 86.5 cm³/mol. The average Bonchev–Trinajstić information content (AvgIpc) is 2.58. The number of rotatable bonds is 7. The minimum Gasteiger partial charge on any atom is -0.507 e. The number of para-hydroxylation sites is 1. The number of ether oxygens (including phenoxy) is 2. The molecule has 0 spiro atoms. The Morgan fingerprint density at radius 3 is 2.54 bits per heavy atom. The molecule has 1 aromatic rings. The summed E-state index contributed by atoms with van der Waals surface area (Å²) in [4.78, 5) is 35.6. The molecule has 0 heterocycles. The van der Waals surface area contributed by atoms with Crippen LogP contribution in [0.2, 0.25) is 0 Å². The van der Waals surface area contributed by atoms with Crippen molar-refractivity contribution in [1.82, 2.24) is 5.32 Å². The van der Waals surface area contributed by atoms with Gasteiger partial charge in [-0.05, 0) is 24.5 Å². The highest BCUT2D eigenvalue weighted by atomic mass is 16.5. The Bertz CT molecular complexity index is 613. The number of phenols is 1. The second-order valence-electron chi connectivity index (χ2n) is 5.50. The molecule has 0 aliphatic heterocycles. The van der Waals surface area contributed by atoms with E-state index in [-0.39, 0.29) is 17.2 Å². The van der Waals surface area contributed by atoms with Crippen LogP contribution < -0.4 is 5.32 Å². The van der Waals surface area contributed by atoms with Gasteiger partial charge < -0.3 is 19.9 Å². The number of nitrogens with one attached hydrogen (secondary N) is 1. The third-order valence-electron chi connectivity index (χ3n) is 3.78. The zero-order valence-electron chi connectivity index (χ0n) is 14.3. The number of methoxy groups -OCH3 is 1. The Labute approximate surface area is 141 Å². The minimum absolute atomic E-state index is 0.0192. The summed E-state index contributed by atoms with van der Waals surface area (Å²) in [6.07, 6.45) is 0.664. The fraction of sp³-hybridized carbons (Fsp3) is 0.471. The molecular formula is C17H23NO6. The van der Waals surface area contributed by atoms with Gasteiger partial charge in [-0.1, -0.05) is 32.4 Å². The van der Waals surface area contributed by atoms with Gasteiger partial charge in [0.1, 0.15) is 17.4 Å². The van der Waals surface area contributed by atoms with E-state index >= 15 is 0 Å². The number of aromatic hydroxyl groups is 1. The van der Waals surface area contributed by atoms with E-state index in [1.54, 1.807) is 26.0 Å². The first-order chi connectivity index (χ1) is 11.3. The Hall–Kier alpha value is -2.57. The molecule has 0 aliphatic rings. The third-order valence-corrected chi connectivity index (χ3v) is 3.78. The lowest BCUT2D eigenvalue weighted by molar-refractivity contribution is -0.147. The molecule has 24 heavy (non-hydrogen) atoms. The normalized spacial score (nSPS) is 12.8. The maximum absolute atomic E-state index is 11.9. The highest BCUT2D eigenvalue weighted by Gasteiger charge is 2.27. The molecule has 132 valence electrons. The summed E-state index contributed by atoms with van der Waals surface area (Å²) < 4.78 is 9.56. The number of hydrogen-bond acceptors (Lipinski definition) is 6. The van der Waals surface area contributed by atoms with Gasteiger partial charge in [-0.25, -0.2) is 9.59 Å².